The molecule has 59 heavy (non-hydrogen) atoms. The molecule has 0 radical (unpaired) electrons. The Balaban J connectivity index is 4.25. The topological polar surface area (TPSA) is 111 Å². The number of rotatable bonds is 46. The van der Waals surface area contributed by atoms with Crippen molar-refractivity contribution in [2.75, 3.05) is 47.5 Å². The molecular weight excluding hydrogens is 743 g/mol. The van der Waals surface area contributed by atoms with Crippen LogP contribution >= 0.6 is 0 Å². The summed E-state index contributed by atoms with van der Waals surface area (Å²) in [7, 11) is 5.92. The van der Waals surface area contributed by atoms with Gasteiger partial charge in [0.15, 0.2) is 12.4 Å². The number of carbonyl (C=O) groups excluding carboxylic acids is 3. The number of nitrogens with zero attached hydrogens (tertiary/aromatic N) is 1. The van der Waals surface area contributed by atoms with Crippen molar-refractivity contribution in [3.05, 3.63) is 12.2 Å². The molecule has 0 amide bonds. The SMILES string of the molecule is CCCCCCCCCC/C=C\CCCCCCCCCCCCCC(=O)OC(COC(=O)CCCCCCCCCCCCC)COC(OCC[N+](C)(C)C)C(=O)[O-]. The number of carboxylic acids is 1. The smallest absolute Gasteiger partial charge is 0.306 e. The summed E-state index contributed by atoms with van der Waals surface area (Å²) in [6.07, 6.45) is 42.5. The predicted octanol–water partition coefficient (Wildman–Crippen LogP) is 12.1. The average molecular weight is 838 g/mol. The fraction of sp³-hybridized carbons (Fsp3) is 0.900. The zero-order valence-corrected chi connectivity index (χ0v) is 39.4. The number of hydrogen-bond acceptors (Lipinski definition) is 8. The quantitative estimate of drug-likeness (QED) is 0.0196. The molecule has 0 spiro atoms. The number of aliphatic carboxylic acids is 1. The highest BCUT2D eigenvalue weighted by molar-refractivity contribution is 5.70. The summed E-state index contributed by atoms with van der Waals surface area (Å²) in [5.41, 5.74) is 0. The molecule has 0 heterocycles. The minimum Gasteiger partial charge on any atom is -0.545 e. The van der Waals surface area contributed by atoms with Gasteiger partial charge in [0, 0.05) is 12.8 Å². The average Bonchev–Trinajstić information content (AvgIpc) is 3.19. The lowest BCUT2D eigenvalue weighted by Gasteiger charge is -2.26. The van der Waals surface area contributed by atoms with Crippen LogP contribution in [0.15, 0.2) is 12.2 Å². The van der Waals surface area contributed by atoms with E-state index in [-0.39, 0.29) is 32.2 Å². The van der Waals surface area contributed by atoms with Crippen molar-refractivity contribution in [3.63, 3.8) is 0 Å². The molecule has 0 aliphatic heterocycles. The van der Waals surface area contributed by atoms with Gasteiger partial charge in [-0.1, -0.05) is 193 Å². The Morgan fingerprint density at radius 3 is 1.25 bits per heavy atom. The summed E-state index contributed by atoms with van der Waals surface area (Å²) in [6, 6.07) is 0. The lowest BCUT2D eigenvalue weighted by Crippen LogP contribution is -2.44. The van der Waals surface area contributed by atoms with Gasteiger partial charge in [-0.15, -0.1) is 0 Å². The van der Waals surface area contributed by atoms with E-state index in [4.69, 9.17) is 18.9 Å². The van der Waals surface area contributed by atoms with Crippen molar-refractivity contribution >= 4 is 17.9 Å². The van der Waals surface area contributed by atoms with Gasteiger partial charge in [-0.3, -0.25) is 9.59 Å². The van der Waals surface area contributed by atoms with Crippen molar-refractivity contribution in [1.82, 2.24) is 0 Å². The van der Waals surface area contributed by atoms with Gasteiger partial charge < -0.3 is 33.3 Å². The molecule has 9 nitrogen and oxygen atoms in total. The predicted molar refractivity (Wildman–Crippen MR) is 242 cm³/mol. The second-order valence-corrected chi connectivity index (χ2v) is 18.1. The number of unbranched alkanes of at least 4 members (excludes halogenated alkanes) is 29. The fourth-order valence-corrected chi connectivity index (χ4v) is 7.12. The lowest BCUT2D eigenvalue weighted by atomic mass is 10.0. The highest BCUT2D eigenvalue weighted by atomic mass is 16.7. The Bertz CT molecular complexity index is 980. The summed E-state index contributed by atoms with van der Waals surface area (Å²) in [4.78, 5) is 37.0. The lowest BCUT2D eigenvalue weighted by molar-refractivity contribution is -0.870. The highest BCUT2D eigenvalue weighted by Crippen LogP contribution is 2.16. The van der Waals surface area contributed by atoms with Crippen LogP contribution in [0.2, 0.25) is 0 Å². The van der Waals surface area contributed by atoms with E-state index in [1.54, 1.807) is 0 Å². The molecule has 0 bridgehead atoms. The first-order valence-corrected chi connectivity index (χ1v) is 24.8. The summed E-state index contributed by atoms with van der Waals surface area (Å²) in [5, 5.41) is 11.7. The molecule has 2 atom stereocenters. The monoisotopic (exact) mass is 838 g/mol. The van der Waals surface area contributed by atoms with Gasteiger partial charge in [-0.25, -0.2) is 0 Å². The van der Waals surface area contributed by atoms with Crippen molar-refractivity contribution in [2.24, 2.45) is 0 Å². The first-order valence-electron chi connectivity index (χ1n) is 24.8. The maximum Gasteiger partial charge on any atom is 0.306 e. The van der Waals surface area contributed by atoms with Crippen molar-refractivity contribution in [1.29, 1.82) is 0 Å². The van der Waals surface area contributed by atoms with Gasteiger partial charge in [0.25, 0.3) is 0 Å². The fourth-order valence-electron chi connectivity index (χ4n) is 7.12. The van der Waals surface area contributed by atoms with Crippen LogP contribution in [-0.2, 0) is 33.3 Å². The van der Waals surface area contributed by atoms with Crippen molar-refractivity contribution in [2.45, 2.75) is 245 Å². The van der Waals surface area contributed by atoms with E-state index < -0.39 is 24.3 Å². The molecule has 0 N–H and O–H groups in total. The molecule has 0 aliphatic carbocycles. The van der Waals surface area contributed by atoms with Gasteiger partial charge in [-0.2, -0.15) is 0 Å². The van der Waals surface area contributed by atoms with Crippen LogP contribution in [0.5, 0.6) is 0 Å². The number of quaternary nitrogens is 1. The third-order valence-electron chi connectivity index (χ3n) is 11.0. The molecule has 0 aliphatic rings. The Kier molecular flexibility index (Phi) is 41.3. The summed E-state index contributed by atoms with van der Waals surface area (Å²) in [6.45, 7) is 4.76. The zero-order valence-electron chi connectivity index (χ0n) is 39.4. The summed E-state index contributed by atoms with van der Waals surface area (Å²) >= 11 is 0. The number of esters is 2. The van der Waals surface area contributed by atoms with E-state index in [0.717, 1.165) is 32.1 Å². The van der Waals surface area contributed by atoms with Crippen molar-refractivity contribution in [3.8, 4) is 0 Å². The second-order valence-electron chi connectivity index (χ2n) is 18.1. The largest absolute Gasteiger partial charge is 0.545 e. The molecule has 0 aromatic carbocycles. The van der Waals surface area contributed by atoms with E-state index >= 15 is 0 Å². The molecule has 0 saturated carbocycles. The molecule has 0 rings (SSSR count). The second kappa shape index (κ2) is 42.7. The van der Waals surface area contributed by atoms with Gasteiger partial charge in [-0.05, 0) is 38.5 Å². The third kappa shape index (κ3) is 43.9. The molecule has 9 heteroatoms. The van der Waals surface area contributed by atoms with E-state index in [2.05, 4.69) is 26.0 Å². The van der Waals surface area contributed by atoms with Gasteiger partial charge in [0.1, 0.15) is 13.2 Å². The molecular formula is C50H95NO8. The zero-order chi connectivity index (χ0) is 43.5. The molecule has 0 aromatic heterocycles. The molecule has 0 aromatic rings. The number of carboxylic acid groups (broad SMARTS) is 1. The van der Waals surface area contributed by atoms with Crippen LogP contribution in [0.3, 0.4) is 0 Å². The Labute approximate surface area is 364 Å². The Morgan fingerprint density at radius 1 is 0.492 bits per heavy atom. The number of ether oxygens (including phenoxy) is 4. The van der Waals surface area contributed by atoms with Crippen LogP contribution in [0.1, 0.15) is 232 Å². The summed E-state index contributed by atoms with van der Waals surface area (Å²) in [5.74, 6) is -2.27. The minimum atomic E-state index is -1.61. The van der Waals surface area contributed by atoms with Crippen LogP contribution in [-0.4, -0.2) is 82.3 Å². The minimum absolute atomic E-state index is 0.151. The van der Waals surface area contributed by atoms with Crippen molar-refractivity contribution < 1.29 is 42.9 Å². The number of likely N-dealkylation sites (N-methyl/N-ethyl adjacent to an activating group) is 1. The first-order chi connectivity index (χ1) is 28.6. The van der Waals surface area contributed by atoms with E-state index in [1.807, 2.05) is 21.1 Å². The molecule has 348 valence electrons. The van der Waals surface area contributed by atoms with Crippen LogP contribution in [0.25, 0.3) is 0 Å². The third-order valence-corrected chi connectivity index (χ3v) is 11.0. The van der Waals surface area contributed by atoms with E-state index in [9.17, 15) is 19.5 Å². The number of carbonyl (C=O) groups is 3. The molecule has 2 unspecified atom stereocenters. The normalized spacial score (nSPS) is 12.9. The van der Waals surface area contributed by atoms with Gasteiger partial charge in [0.2, 0.25) is 0 Å². The van der Waals surface area contributed by atoms with E-state index in [0.29, 0.717) is 23.9 Å². The standard InChI is InChI=1S/C50H95NO8/c1-6-8-10-12-14-16-18-19-20-21-22-23-24-25-26-27-28-29-31-33-35-37-39-41-48(53)59-46(45-58-50(49(54)55)56-43-42-51(3,4)5)44-57-47(52)40-38-36-34-32-30-17-15-13-11-9-7-2/h21-22,46,50H,6-20,23-45H2,1-5H3/b22-21-. The van der Waals surface area contributed by atoms with Crippen LogP contribution in [0.4, 0.5) is 0 Å². The maximum atomic E-state index is 12.8. The highest BCUT2D eigenvalue weighted by Gasteiger charge is 2.22. The number of allylic oxidation sites excluding steroid dienone is 2. The van der Waals surface area contributed by atoms with Gasteiger partial charge in [0.05, 0.1) is 40.3 Å². The number of hydrogen-bond donors (Lipinski definition) is 0. The summed E-state index contributed by atoms with van der Waals surface area (Å²) < 4.78 is 22.6. The maximum absolute atomic E-state index is 12.8. The van der Waals surface area contributed by atoms with Gasteiger partial charge >= 0.3 is 11.9 Å². The van der Waals surface area contributed by atoms with Crippen LogP contribution in [0, 0.1) is 0 Å². The Hall–Kier alpha value is -1.97. The first kappa shape index (κ1) is 57.0. The van der Waals surface area contributed by atoms with E-state index in [1.165, 1.54) is 167 Å². The molecule has 0 fully saturated rings. The van der Waals surface area contributed by atoms with Crippen LogP contribution < -0.4 is 5.11 Å². The Morgan fingerprint density at radius 2 is 0.864 bits per heavy atom. The molecule has 0 saturated heterocycles.